The molecule has 0 radical (unpaired) electrons. The fourth-order valence-electron chi connectivity index (χ4n) is 5.51. The molecule has 34 heavy (non-hydrogen) atoms. The van der Waals surface area contributed by atoms with Crippen LogP contribution in [0.15, 0.2) is 24.3 Å². The van der Waals surface area contributed by atoms with Gasteiger partial charge in [0.25, 0.3) is 0 Å². The molecule has 3 saturated heterocycles. The first-order chi connectivity index (χ1) is 16.2. The van der Waals surface area contributed by atoms with Crippen molar-refractivity contribution in [1.29, 1.82) is 0 Å². The number of para-hydroxylation sites is 1. The van der Waals surface area contributed by atoms with Crippen LogP contribution < -0.4 is 10.2 Å². The molecule has 7 nitrogen and oxygen atoms in total. The summed E-state index contributed by atoms with van der Waals surface area (Å²) in [7, 11) is 0. The molecule has 8 heteroatoms. The van der Waals surface area contributed by atoms with Crippen LogP contribution in [0.25, 0.3) is 0 Å². The average Bonchev–Trinajstić information content (AvgIpc) is 2.83. The number of carbonyl (C=O) groups is 2. The Morgan fingerprint density at radius 1 is 0.912 bits per heavy atom. The van der Waals surface area contributed by atoms with Crippen molar-refractivity contribution in [3.63, 3.8) is 0 Å². The monoisotopic (exact) mass is 489 g/mol. The van der Waals surface area contributed by atoms with Gasteiger partial charge in [-0.2, -0.15) is 0 Å². The predicted octanol–water partition coefficient (Wildman–Crippen LogP) is 3.67. The van der Waals surface area contributed by atoms with Crippen LogP contribution in [0.3, 0.4) is 0 Å². The molecule has 1 unspecified atom stereocenters. The van der Waals surface area contributed by atoms with Crippen LogP contribution in [-0.2, 0) is 4.79 Å². The van der Waals surface area contributed by atoms with Gasteiger partial charge < -0.3 is 20.0 Å². The summed E-state index contributed by atoms with van der Waals surface area (Å²) in [5.74, 6) is 0.397. The number of piperazine rings is 1. The Bertz CT molecular complexity index is 857. The number of amides is 3. The normalized spacial score (nSPS) is 23.2. The third-order valence-electron chi connectivity index (χ3n) is 7.34. The molecule has 3 amide bonds. The van der Waals surface area contributed by atoms with E-state index in [-0.39, 0.29) is 17.5 Å². The third kappa shape index (κ3) is 6.16. The zero-order valence-corrected chi connectivity index (χ0v) is 21.7. The van der Waals surface area contributed by atoms with Gasteiger partial charge in [-0.05, 0) is 65.1 Å². The van der Waals surface area contributed by atoms with Crippen LogP contribution in [0.2, 0.25) is 5.02 Å². The van der Waals surface area contributed by atoms with Gasteiger partial charge in [-0.3, -0.25) is 9.69 Å². The Labute approximate surface area is 209 Å². The second kappa shape index (κ2) is 10.7. The molecular formula is C26H40ClN5O2. The van der Waals surface area contributed by atoms with E-state index in [4.69, 9.17) is 11.6 Å². The SMILES string of the molecule is CC(C)(C)NC(=O)N1CCC(N2CCCC(C(=O)N3CCN(c4ccccc4Cl)CC3)C2)CC1. The molecule has 1 atom stereocenters. The van der Waals surface area contributed by atoms with Gasteiger partial charge in [-0.25, -0.2) is 4.79 Å². The number of halogens is 1. The Kier molecular flexibility index (Phi) is 7.93. The predicted molar refractivity (Wildman–Crippen MR) is 137 cm³/mol. The minimum absolute atomic E-state index is 0.0357. The van der Waals surface area contributed by atoms with Gasteiger partial charge in [0.15, 0.2) is 0 Å². The van der Waals surface area contributed by atoms with Crippen molar-refractivity contribution in [1.82, 2.24) is 20.0 Å². The third-order valence-corrected chi connectivity index (χ3v) is 7.66. The molecule has 0 aromatic heterocycles. The molecule has 1 aromatic rings. The summed E-state index contributed by atoms with van der Waals surface area (Å²) in [6.07, 6.45) is 4.01. The van der Waals surface area contributed by atoms with Crippen molar-refractivity contribution in [3.8, 4) is 0 Å². The van der Waals surface area contributed by atoms with Crippen molar-refractivity contribution < 1.29 is 9.59 Å². The molecule has 0 aliphatic carbocycles. The van der Waals surface area contributed by atoms with Crippen LogP contribution in [0.5, 0.6) is 0 Å². The average molecular weight is 490 g/mol. The van der Waals surface area contributed by atoms with Crippen LogP contribution >= 0.6 is 11.6 Å². The summed E-state index contributed by atoms with van der Waals surface area (Å²) in [6, 6.07) is 8.44. The molecule has 4 rings (SSSR count). The van der Waals surface area contributed by atoms with E-state index in [0.29, 0.717) is 11.9 Å². The largest absolute Gasteiger partial charge is 0.367 e. The van der Waals surface area contributed by atoms with Crippen molar-refractivity contribution >= 4 is 29.2 Å². The summed E-state index contributed by atoms with van der Waals surface area (Å²) in [5.41, 5.74) is 0.843. The van der Waals surface area contributed by atoms with E-state index in [1.165, 1.54) is 0 Å². The number of hydrogen-bond donors (Lipinski definition) is 1. The summed E-state index contributed by atoms with van der Waals surface area (Å²) in [5, 5.41) is 3.84. The number of nitrogens with one attached hydrogen (secondary N) is 1. The zero-order valence-electron chi connectivity index (χ0n) is 20.9. The highest BCUT2D eigenvalue weighted by Crippen LogP contribution is 2.28. The van der Waals surface area contributed by atoms with Crippen molar-refractivity contribution in [3.05, 3.63) is 29.3 Å². The maximum Gasteiger partial charge on any atom is 0.317 e. The van der Waals surface area contributed by atoms with E-state index in [2.05, 4.69) is 26.1 Å². The van der Waals surface area contributed by atoms with Gasteiger partial charge in [0.1, 0.15) is 0 Å². The van der Waals surface area contributed by atoms with E-state index in [9.17, 15) is 9.59 Å². The van der Waals surface area contributed by atoms with Crippen molar-refractivity contribution in [2.75, 3.05) is 57.3 Å². The van der Waals surface area contributed by atoms with E-state index in [0.717, 1.165) is 88.8 Å². The molecule has 3 aliphatic rings. The summed E-state index contributed by atoms with van der Waals surface area (Å²) in [6.45, 7) is 12.7. The molecule has 188 valence electrons. The first kappa shape index (κ1) is 25.1. The topological polar surface area (TPSA) is 59.1 Å². The lowest BCUT2D eigenvalue weighted by Gasteiger charge is -2.44. The first-order valence-electron chi connectivity index (χ1n) is 12.8. The van der Waals surface area contributed by atoms with Gasteiger partial charge in [0.05, 0.1) is 16.6 Å². The van der Waals surface area contributed by atoms with Crippen LogP contribution in [0.1, 0.15) is 46.5 Å². The second-order valence-electron chi connectivity index (χ2n) is 11.0. The standard InChI is InChI=1S/C26H40ClN5O2/c1-26(2,3)28-25(34)31-13-10-21(11-14-31)32-12-6-7-20(19-32)24(33)30-17-15-29(16-18-30)23-9-5-4-8-22(23)27/h4-5,8-9,20-21H,6-7,10-19H2,1-3H3,(H,28,34). The highest BCUT2D eigenvalue weighted by atomic mass is 35.5. The van der Waals surface area contributed by atoms with Crippen LogP contribution in [-0.4, -0.2) is 90.6 Å². The highest BCUT2D eigenvalue weighted by molar-refractivity contribution is 6.33. The molecule has 3 fully saturated rings. The number of carbonyl (C=O) groups excluding carboxylic acids is 2. The zero-order chi connectivity index (χ0) is 24.3. The molecule has 1 N–H and O–H groups in total. The Morgan fingerprint density at radius 3 is 2.24 bits per heavy atom. The number of nitrogens with zero attached hydrogens (tertiary/aromatic N) is 4. The lowest BCUT2D eigenvalue weighted by molar-refractivity contribution is -0.138. The molecule has 3 aliphatic heterocycles. The lowest BCUT2D eigenvalue weighted by Crippen LogP contribution is -2.56. The van der Waals surface area contributed by atoms with Gasteiger partial charge >= 0.3 is 6.03 Å². The minimum atomic E-state index is -0.215. The molecule has 0 saturated carbocycles. The van der Waals surface area contributed by atoms with Gasteiger partial charge in [-0.1, -0.05) is 23.7 Å². The van der Waals surface area contributed by atoms with E-state index >= 15 is 0 Å². The quantitative estimate of drug-likeness (QED) is 0.703. The number of rotatable bonds is 3. The Morgan fingerprint density at radius 2 is 1.59 bits per heavy atom. The summed E-state index contributed by atoms with van der Waals surface area (Å²) < 4.78 is 0. The van der Waals surface area contributed by atoms with E-state index < -0.39 is 0 Å². The smallest absolute Gasteiger partial charge is 0.317 e. The number of anilines is 1. The Hall–Kier alpha value is -1.99. The van der Waals surface area contributed by atoms with E-state index in [1.807, 2.05) is 43.9 Å². The molecule has 3 heterocycles. The number of likely N-dealkylation sites (tertiary alicyclic amines) is 2. The lowest BCUT2D eigenvalue weighted by atomic mass is 9.92. The highest BCUT2D eigenvalue weighted by Gasteiger charge is 2.35. The maximum atomic E-state index is 13.4. The van der Waals surface area contributed by atoms with Crippen molar-refractivity contribution in [2.24, 2.45) is 5.92 Å². The molecule has 0 spiro atoms. The fourth-order valence-corrected chi connectivity index (χ4v) is 5.76. The van der Waals surface area contributed by atoms with Gasteiger partial charge in [0, 0.05) is 57.4 Å². The summed E-state index contributed by atoms with van der Waals surface area (Å²) in [4.78, 5) is 34.6. The fraction of sp³-hybridized carbons (Fsp3) is 0.692. The number of piperidine rings is 2. The molecular weight excluding hydrogens is 450 g/mol. The van der Waals surface area contributed by atoms with Crippen LogP contribution in [0.4, 0.5) is 10.5 Å². The van der Waals surface area contributed by atoms with Crippen LogP contribution in [0, 0.1) is 5.92 Å². The number of hydrogen-bond acceptors (Lipinski definition) is 4. The van der Waals surface area contributed by atoms with Gasteiger partial charge in [0.2, 0.25) is 5.91 Å². The molecule has 1 aromatic carbocycles. The van der Waals surface area contributed by atoms with Gasteiger partial charge in [-0.15, -0.1) is 0 Å². The summed E-state index contributed by atoms with van der Waals surface area (Å²) >= 11 is 6.37. The Balaban J connectivity index is 1.25. The maximum absolute atomic E-state index is 13.4. The minimum Gasteiger partial charge on any atom is -0.367 e. The second-order valence-corrected chi connectivity index (χ2v) is 11.4. The van der Waals surface area contributed by atoms with Crippen molar-refractivity contribution in [2.45, 2.75) is 58.0 Å². The van der Waals surface area contributed by atoms with E-state index in [1.54, 1.807) is 0 Å². The number of urea groups is 1. The molecule has 0 bridgehead atoms. The number of benzene rings is 1. The first-order valence-corrected chi connectivity index (χ1v) is 13.2.